The Bertz CT molecular complexity index is 595. The molecule has 1 N–H and O–H groups in total. The van der Waals surface area contributed by atoms with Gasteiger partial charge in [0.2, 0.25) is 0 Å². The van der Waals surface area contributed by atoms with Crippen LogP contribution in [0.15, 0.2) is 48.5 Å². The summed E-state index contributed by atoms with van der Waals surface area (Å²) in [5.41, 5.74) is 2.38. The quantitative estimate of drug-likeness (QED) is 0.767. The molecule has 0 fully saturated rings. The minimum atomic E-state index is -0.529. The Balaban J connectivity index is 1.74. The number of hydrogen-bond donors (Lipinski definition) is 1. The molecule has 0 radical (unpaired) electrons. The molecule has 0 unspecified atom stereocenters. The van der Waals surface area contributed by atoms with E-state index in [0.717, 1.165) is 18.0 Å². The summed E-state index contributed by atoms with van der Waals surface area (Å²) in [6.07, 6.45) is -0.529. The molecule has 0 aliphatic rings. The number of ether oxygens (including phenoxy) is 2. The second-order valence-corrected chi connectivity index (χ2v) is 6.05. The molecular formula is C20H27NO3. The lowest BCUT2D eigenvalue weighted by atomic mass is 10.2. The average Bonchev–Trinajstić information content (AvgIpc) is 2.56. The third-order valence-corrected chi connectivity index (χ3v) is 3.67. The van der Waals surface area contributed by atoms with Crippen LogP contribution in [0, 0.1) is 6.92 Å². The largest absolute Gasteiger partial charge is 0.494 e. The van der Waals surface area contributed by atoms with Crippen molar-refractivity contribution in [2.45, 2.75) is 26.5 Å². The number of aliphatic hydroxyl groups excluding tert-OH is 1. The Morgan fingerprint density at radius 2 is 1.54 bits per heavy atom. The summed E-state index contributed by atoms with van der Waals surface area (Å²) in [5, 5.41) is 10.1. The molecule has 130 valence electrons. The highest BCUT2D eigenvalue weighted by molar-refractivity contribution is 5.27. The molecule has 4 nitrogen and oxygen atoms in total. The van der Waals surface area contributed by atoms with Crippen molar-refractivity contribution in [3.63, 3.8) is 0 Å². The van der Waals surface area contributed by atoms with E-state index in [2.05, 4.69) is 17.0 Å². The third kappa shape index (κ3) is 6.22. The lowest BCUT2D eigenvalue weighted by molar-refractivity contribution is 0.0744. The van der Waals surface area contributed by atoms with Gasteiger partial charge in [-0.05, 0) is 50.7 Å². The van der Waals surface area contributed by atoms with Crippen molar-refractivity contribution in [2.24, 2.45) is 0 Å². The maximum absolute atomic E-state index is 10.1. The maximum Gasteiger partial charge on any atom is 0.119 e. The molecule has 0 amide bonds. The molecule has 2 aromatic rings. The van der Waals surface area contributed by atoms with E-state index in [4.69, 9.17) is 9.47 Å². The van der Waals surface area contributed by atoms with E-state index in [1.165, 1.54) is 11.1 Å². The van der Waals surface area contributed by atoms with Crippen molar-refractivity contribution in [3.05, 3.63) is 59.7 Å². The molecule has 0 aliphatic carbocycles. The first-order chi connectivity index (χ1) is 11.6. The van der Waals surface area contributed by atoms with Gasteiger partial charge in [0.25, 0.3) is 0 Å². The van der Waals surface area contributed by atoms with Crippen LogP contribution in [-0.2, 0) is 6.54 Å². The van der Waals surface area contributed by atoms with Gasteiger partial charge >= 0.3 is 0 Å². The van der Waals surface area contributed by atoms with E-state index in [9.17, 15) is 5.11 Å². The average molecular weight is 329 g/mol. The van der Waals surface area contributed by atoms with Gasteiger partial charge in [0, 0.05) is 13.1 Å². The Hall–Kier alpha value is -2.04. The van der Waals surface area contributed by atoms with Crippen LogP contribution in [-0.4, -0.2) is 42.9 Å². The van der Waals surface area contributed by atoms with Gasteiger partial charge in [-0.2, -0.15) is 0 Å². The number of aryl methyl sites for hydroxylation is 1. The first kappa shape index (κ1) is 18.3. The fourth-order valence-corrected chi connectivity index (χ4v) is 2.47. The predicted octanol–water partition coefficient (Wildman–Crippen LogP) is 3.27. The molecule has 0 aliphatic heterocycles. The highest BCUT2D eigenvalue weighted by Crippen LogP contribution is 2.14. The molecule has 2 aromatic carbocycles. The highest BCUT2D eigenvalue weighted by atomic mass is 16.5. The normalized spacial score (nSPS) is 12.2. The molecule has 24 heavy (non-hydrogen) atoms. The summed E-state index contributed by atoms with van der Waals surface area (Å²) >= 11 is 0. The summed E-state index contributed by atoms with van der Waals surface area (Å²) in [5.74, 6) is 1.67. The van der Waals surface area contributed by atoms with Gasteiger partial charge in [-0.1, -0.05) is 29.8 Å². The Morgan fingerprint density at radius 3 is 2.17 bits per heavy atom. The van der Waals surface area contributed by atoms with Crippen LogP contribution < -0.4 is 9.47 Å². The predicted molar refractivity (Wildman–Crippen MR) is 96.6 cm³/mol. The van der Waals surface area contributed by atoms with Crippen LogP contribution >= 0.6 is 0 Å². The first-order valence-electron chi connectivity index (χ1n) is 8.34. The molecule has 0 saturated carbocycles. The molecule has 4 heteroatoms. The zero-order valence-electron chi connectivity index (χ0n) is 14.7. The van der Waals surface area contributed by atoms with Crippen molar-refractivity contribution in [1.29, 1.82) is 0 Å². The lowest BCUT2D eigenvalue weighted by Gasteiger charge is -2.21. The molecule has 1 atom stereocenters. The zero-order chi connectivity index (χ0) is 17.4. The summed E-state index contributed by atoms with van der Waals surface area (Å²) < 4.78 is 11.1. The van der Waals surface area contributed by atoms with Gasteiger partial charge in [0.15, 0.2) is 0 Å². The standard InChI is InChI=1S/C20H27NO3/c1-4-23-19-11-7-17(8-12-19)13-21(3)14-18(22)15-24-20-9-5-16(2)6-10-20/h5-12,18,22H,4,13-15H2,1-3H3/t18-/m1/s1. The topological polar surface area (TPSA) is 41.9 Å². The van der Waals surface area contributed by atoms with Crippen molar-refractivity contribution >= 4 is 0 Å². The summed E-state index contributed by atoms with van der Waals surface area (Å²) in [7, 11) is 1.99. The van der Waals surface area contributed by atoms with E-state index >= 15 is 0 Å². The molecular weight excluding hydrogens is 302 g/mol. The molecule has 0 aromatic heterocycles. The smallest absolute Gasteiger partial charge is 0.119 e. The van der Waals surface area contributed by atoms with E-state index < -0.39 is 6.10 Å². The number of likely N-dealkylation sites (N-methyl/N-ethyl adjacent to an activating group) is 1. The minimum absolute atomic E-state index is 0.288. The van der Waals surface area contributed by atoms with E-state index in [-0.39, 0.29) is 6.61 Å². The van der Waals surface area contributed by atoms with Gasteiger partial charge in [0.05, 0.1) is 6.61 Å². The van der Waals surface area contributed by atoms with E-state index in [0.29, 0.717) is 13.2 Å². The van der Waals surface area contributed by atoms with Gasteiger partial charge < -0.3 is 14.6 Å². The highest BCUT2D eigenvalue weighted by Gasteiger charge is 2.10. The van der Waals surface area contributed by atoms with Crippen molar-refractivity contribution < 1.29 is 14.6 Å². The number of hydrogen-bond acceptors (Lipinski definition) is 4. The molecule has 0 bridgehead atoms. The summed E-state index contributed by atoms with van der Waals surface area (Å²) in [6, 6.07) is 15.9. The second kappa shape index (κ2) is 9.30. The molecule has 0 heterocycles. The van der Waals surface area contributed by atoms with Crippen LogP contribution in [0.2, 0.25) is 0 Å². The van der Waals surface area contributed by atoms with Crippen molar-refractivity contribution in [1.82, 2.24) is 4.90 Å². The zero-order valence-corrected chi connectivity index (χ0v) is 14.7. The fourth-order valence-electron chi connectivity index (χ4n) is 2.47. The van der Waals surface area contributed by atoms with Gasteiger partial charge in [-0.25, -0.2) is 0 Å². The minimum Gasteiger partial charge on any atom is -0.494 e. The summed E-state index contributed by atoms with van der Waals surface area (Å²) in [6.45, 7) is 6.30. The first-order valence-corrected chi connectivity index (χ1v) is 8.34. The van der Waals surface area contributed by atoms with Crippen LogP contribution in [0.5, 0.6) is 11.5 Å². The second-order valence-electron chi connectivity index (χ2n) is 6.05. The number of aliphatic hydroxyl groups is 1. The van der Waals surface area contributed by atoms with Gasteiger partial charge in [-0.15, -0.1) is 0 Å². The van der Waals surface area contributed by atoms with Crippen LogP contribution in [0.1, 0.15) is 18.1 Å². The molecule has 0 saturated heterocycles. The van der Waals surface area contributed by atoms with Crippen LogP contribution in [0.4, 0.5) is 0 Å². The molecule has 0 spiro atoms. The van der Waals surface area contributed by atoms with E-state index in [1.807, 2.05) is 57.3 Å². The van der Waals surface area contributed by atoms with Crippen LogP contribution in [0.25, 0.3) is 0 Å². The van der Waals surface area contributed by atoms with Crippen molar-refractivity contribution in [3.8, 4) is 11.5 Å². The maximum atomic E-state index is 10.1. The van der Waals surface area contributed by atoms with Gasteiger partial charge in [0.1, 0.15) is 24.2 Å². The Kier molecular flexibility index (Phi) is 7.09. The third-order valence-electron chi connectivity index (χ3n) is 3.67. The summed E-state index contributed by atoms with van der Waals surface area (Å²) in [4.78, 5) is 2.08. The monoisotopic (exact) mass is 329 g/mol. The number of nitrogens with zero attached hydrogens (tertiary/aromatic N) is 1. The van der Waals surface area contributed by atoms with Crippen molar-refractivity contribution in [2.75, 3.05) is 26.8 Å². The fraction of sp³-hybridized carbons (Fsp3) is 0.400. The number of benzene rings is 2. The lowest BCUT2D eigenvalue weighted by Crippen LogP contribution is -2.32. The Morgan fingerprint density at radius 1 is 0.958 bits per heavy atom. The Labute approximate surface area is 144 Å². The van der Waals surface area contributed by atoms with E-state index in [1.54, 1.807) is 0 Å². The molecule has 2 rings (SSSR count). The SMILES string of the molecule is CCOc1ccc(CN(C)C[C@@H](O)COc2ccc(C)cc2)cc1. The van der Waals surface area contributed by atoms with Gasteiger partial charge in [-0.3, -0.25) is 4.90 Å². The number of rotatable bonds is 9. The van der Waals surface area contributed by atoms with Crippen LogP contribution in [0.3, 0.4) is 0 Å².